The molecule has 84 valence electrons. The van der Waals surface area contributed by atoms with E-state index in [1.54, 1.807) is 0 Å². The first kappa shape index (κ1) is 10.7. The Morgan fingerprint density at radius 3 is 2.88 bits per heavy atom. The molecule has 0 saturated heterocycles. The van der Waals surface area contributed by atoms with Gasteiger partial charge in [-0.25, -0.2) is 9.79 Å². The third-order valence-electron chi connectivity index (χ3n) is 2.41. The molecule has 0 amide bonds. The number of carbonyl (C=O) groups excluding carboxylic acids is 1. The molecule has 0 spiro atoms. The topological polar surface area (TPSA) is 47.9 Å². The second-order valence-corrected chi connectivity index (χ2v) is 3.55. The molecule has 1 aliphatic rings. The van der Waals surface area contributed by atoms with Crippen molar-refractivity contribution in [3.05, 3.63) is 23.8 Å². The average molecular weight is 219 g/mol. The number of fused-ring (bicyclic) bond motifs is 1. The first-order valence-corrected chi connectivity index (χ1v) is 5.32. The van der Waals surface area contributed by atoms with E-state index in [1.807, 2.05) is 18.2 Å². The standard InChI is InChI=1S/C12H13NO3/c14-9-13-5-1-2-10-3-4-11-12(8-10)16-7-6-15-11/h3-4,8H,1-2,5-7H2. The Morgan fingerprint density at radius 2 is 2.06 bits per heavy atom. The molecule has 0 aromatic heterocycles. The van der Waals surface area contributed by atoms with Crippen LogP contribution < -0.4 is 9.47 Å². The highest BCUT2D eigenvalue weighted by Gasteiger charge is 2.11. The molecule has 1 aromatic rings. The van der Waals surface area contributed by atoms with Crippen LogP contribution in [0.5, 0.6) is 11.5 Å². The summed E-state index contributed by atoms with van der Waals surface area (Å²) in [5, 5.41) is 0. The second kappa shape index (κ2) is 5.33. The number of benzene rings is 1. The van der Waals surface area contributed by atoms with E-state index in [2.05, 4.69) is 4.99 Å². The first-order valence-electron chi connectivity index (χ1n) is 5.32. The molecule has 0 N–H and O–H groups in total. The Labute approximate surface area is 93.9 Å². The highest BCUT2D eigenvalue weighted by Crippen LogP contribution is 2.30. The van der Waals surface area contributed by atoms with Crippen LogP contribution in [0.15, 0.2) is 23.2 Å². The fraction of sp³-hybridized carbons (Fsp3) is 0.417. The minimum atomic E-state index is 0.526. The molecule has 0 atom stereocenters. The molecular weight excluding hydrogens is 206 g/mol. The summed E-state index contributed by atoms with van der Waals surface area (Å²) in [7, 11) is 0. The summed E-state index contributed by atoms with van der Waals surface area (Å²) in [5.74, 6) is 1.61. The second-order valence-electron chi connectivity index (χ2n) is 3.55. The molecule has 1 heterocycles. The summed E-state index contributed by atoms with van der Waals surface area (Å²) in [4.78, 5) is 13.4. The molecule has 4 heteroatoms. The molecule has 0 fully saturated rings. The zero-order valence-electron chi connectivity index (χ0n) is 8.94. The minimum Gasteiger partial charge on any atom is -0.486 e. The Morgan fingerprint density at radius 1 is 1.25 bits per heavy atom. The van der Waals surface area contributed by atoms with Crippen molar-refractivity contribution in [1.29, 1.82) is 0 Å². The lowest BCUT2D eigenvalue weighted by Gasteiger charge is -2.18. The number of rotatable bonds is 4. The lowest BCUT2D eigenvalue weighted by Crippen LogP contribution is -2.15. The van der Waals surface area contributed by atoms with Gasteiger partial charge in [-0.3, -0.25) is 0 Å². The number of isocyanates is 1. The number of nitrogens with zero attached hydrogens (tertiary/aromatic N) is 1. The Bertz CT molecular complexity index is 411. The average Bonchev–Trinajstić information content (AvgIpc) is 2.34. The van der Waals surface area contributed by atoms with Crippen LogP contribution in [0, 0.1) is 0 Å². The van der Waals surface area contributed by atoms with E-state index in [4.69, 9.17) is 9.47 Å². The van der Waals surface area contributed by atoms with Gasteiger partial charge in [-0.05, 0) is 30.5 Å². The van der Waals surface area contributed by atoms with Gasteiger partial charge in [-0.1, -0.05) is 6.07 Å². The molecule has 0 saturated carbocycles. The summed E-state index contributed by atoms with van der Waals surface area (Å²) in [6.45, 7) is 1.74. The van der Waals surface area contributed by atoms with Crippen LogP contribution in [-0.4, -0.2) is 25.8 Å². The van der Waals surface area contributed by atoms with Gasteiger partial charge in [0.15, 0.2) is 11.5 Å². The number of hydrogen-bond donors (Lipinski definition) is 0. The Kier molecular flexibility index (Phi) is 3.57. The number of aryl methyl sites for hydroxylation is 1. The van der Waals surface area contributed by atoms with Crippen molar-refractivity contribution in [1.82, 2.24) is 0 Å². The normalized spacial score (nSPS) is 13.0. The fourth-order valence-electron chi connectivity index (χ4n) is 1.65. The third kappa shape index (κ3) is 2.61. The predicted octanol–water partition coefficient (Wildman–Crippen LogP) is 1.73. The monoisotopic (exact) mass is 219 g/mol. The van der Waals surface area contributed by atoms with Gasteiger partial charge in [0, 0.05) is 0 Å². The summed E-state index contributed by atoms with van der Waals surface area (Å²) in [6.07, 6.45) is 3.25. The third-order valence-corrected chi connectivity index (χ3v) is 2.41. The van der Waals surface area contributed by atoms with Crippen LogP contribution in [0.25, 0.3) is 0 Å². The van der Waals surface area contributed by atoms with E-state index in [9.17, 15) is 4.79 Å². The summed E-state index contributed by atoms with van der Waals surface area (Å²) < 4.78 is 10.9. The van der Waals surface area contributed by atoms with E-state index < -0.39 is 0 Å². The van der Waals surface area contributed by atoms with Gasteiger partial charge in [0.05, 0.1) is 6.54 Å². The van der Waals surface area contributed by atoms with Gasteiger partial charge in [-0.15, -0.1) is 0 Å². The van der Waals surface area contributed by atoms with E-state index >= 15 is 0 Å². The molecule has 4 nitrogen and oxygen atoms in total. The van der Waals surface area contributed by atoms with Gasteiger partial charge in [0.25, 0.3) is 0 Å². The van der Waals surface area contributed by atoms with E-state index in [-0.39, 0.29) is 0 Å². The van der Waals surface area contributed by atoms with Gasteiger partial charge < -0.3 is 9.47 Å². The first-order chi connectivity index (χ1) is 7.90. The number of ether oxygens (including phenoxy) is 2. The molecule has 1 aromatic carbocycles. The molecule has 0 aliphatic carbocycles. The molecular formula is C12H13NO3. The number of hydrogen-bond acceptors (Lipinski definition) is 4. The Balaban J connectivity index is 1.97. The molecule has 0 unspecified atom stereocenters. The molecule has 0 bridgehead atoms. The van der Waals surface area contributed by atoms with Crippen LogP contribution in [0.4, 0.5) is 0 Å². The highest BCUT2D eigenvalue weighted by atomic mass is 16.6. The van der Waals surface area contributed by atoms with Crippen LogP contribution in [0.1, 0.15) is 12.0 Å². The largest absolute Gasteiger partial charge is 0.486 e. The molecule has 1 aliphatic heterocycles. The van der Waals surface area contributed by atoms with Crippen molar-refractivity contribution < 1.29 is 14.3 Å². The van der Waals surface area contributed by atoms with E-state index in [0.717, 1.165) is 24.3 Å². The van der Waals surface area contributed by atoms with Crippen molar-refractivity contribution in [2.45, 2.75) is 12.8 Å². The quantitative estimate of drug-likeness (QED) is 0.440. The Hall–Kier alpha value is -1.80. The van der Waals surface area contributed by atoms with Crippen molar-refractivity contribution >= 4 is 6.08 Å². The van der Waals surface area contributed by atoms with Gasteiger partial charge in [-0.2, -0.15) is 0 Å². The van der Waals surface area contributed by atoms with Crippen molar-refractivity contribution in [3.8, 4) is 11.5 Å². The summed E-state index contributed by atoms with van der Waals surface area (Å²) in [5.41, 5.74) is 1.17. The van der Waals surface area contributed by atoms with Gasteiger partial charge >= 0.3 is 0 Å². The van der Waals surface area contributed by atoms with Crippen molar-refractivity contribution in [2.75, 3.05) is 19.8 Å². The van der Waals surface area contributed by atoms with E-state index in [0.29, 0.717) is 19.8 Å². The van der Waals surface area contributed by atoms with Crippen LogP contribution in [-0.2, 0) is 11.2 Å². The zero-order chi connectivity index (χ0) is 11.2. The maximum Gasteiger partial charge on any atom is 0.234 e. The number of aliphatic imine (C=N–C) groups is 1. The maximum atomic E-state index is 9.88. The minimum absolute atomic E-state index is 0.526. The van der Waals surface area contributed by atoms with Crippen molar-refractivity contribution in [2.24, 2.45) is 4.99 Å². The lowest BCUT2D eigenvalue weighted by atomic mass is 10.1. The maximum absolute atomic E-state index is 9.88. The highest BCUT2D eigenvalue weighted by molar-refractivity contribution is 5.43. The smallest absolute Gasteiger partial charge is 0.234 e. The van der Waals surface area contributed by atoms with Crippen LogP contribution >= 0.6 is 0 Å². The fourth-order valence-corrected chi connectivity index (χ4v) is 1.65. The summed E-state index contributed by atoms with van der Waals surface area (Å²) >= 11 is 0. The predicted molar refractivity (Wildman–Crippen MR) is 58.7 cm³/mol. The van der Waals surface area contributed by atoms with E-state index in [1.165, 1.54) is 11.6 Å². The molecule has 16 heavy (non-hydrogen) atoms. The molecule has 2 rings (SSSR count). The van der Waals surface area contributed by atoms with Crippen LogP contribution in [0.3, 0.4) is 0 Å². The molecule has 0 radical (unpaired) electrons. The van der Waals surface area contributed by atoms with Gasteiger partial charge in [0.1, 0.15) is 13.2 Å². The van der Waals surface area contributed by atoms with Gasteiger partial charge in [0.2, 0.25) is 6.08 Å². The lowest BCUT2D eigenvalue weighted by molar-refractivity contribution is 0.171. The van der Waals surface area contributed by atoms with Crippen LogP contribution in [0.2, 0.25) is 0 Å². The SMILES string of the molecule is O=C=NCCCc1ccc2c(c1)OCCO2. The summed E-state index contributed by atoms with van der Waals surface area (Å²) in [6, 6.07) is 5.92. The zero-order valence-corrected chi connectivity index (χ0v) is 8.94. The van der Waals surface area contributed by atoms with Crippen molar-refractivity contribution in [3.63, 3.8) is 0 Å².